The van der Waals surface area contributed by atoms with E-state index in [9.17, 15) is 35.8 Å². The average Bonchev–Trinajstić information content (AvgIpc) is 3.29. The molecule has 2 heterocycles. The van der Waals surface area contributed by atoms with Crippen molar-refractivity contribution in [1.82, 2.24) is 5.48 Å². The second kappa shape index (κ2) is 12.6. The van der Waals surface area contributed by atoms with Gasteiger partial charge in [-0.2, -0.15) is 31.8 Å². The van der Waals surface area contributed by atoms with Gasteiger partial charge in [0.1, 0.15) is 12.0 Å². The zero-order valence-electron chi connectivity index (χ0n) is 23.3. The highest BCUT2D eigenvalue weighted by Gasteiger charge is 2.47. The van der Waals surface area contributed by atoms with Gasteiger partial charge >= 0.3 is 12.4 Å². The molecule has 5 nitrogen and oxygen atoms in total. The second-order valence-corrected chi connectivity index (χ2v) is 12.8. The molecule has 3 fully saturated rings. The lowest BCUT2D eigenvalue weighted by molar-refractivity contribution is -0.210. The summed E-state index contributed by atoms with van der Waals surface area (Å²) in [4.78, 5) is 5.28. The van der Waals surface area contributed by atoms with Crippen molar-refractivity contribution in [2.75, 3.05) is 13.2 Å². The Morgan fingerprint density at radius 1 is 1.02 bits per heavy atom. The molecule has 2 N–H and O–H groups in total. The Morgan fingerprint density at radius 3 is 2.23 bits per heavy atom. The zero-order chi connectivity index (χ0) is 31.2. The summed E-state index contributed by atoms with van der Waals surface area (Å²) >= 11 is 3.22. The first-order valence-electron chi connectivity index (χ1n) is 14.2. The van der Waals surface area contributed by atoms with Gasteiger partial charge in [0, 0.05) is 11.3 Å². The molecule has 1 spiro atoms. The predicted molar refractivity (Wildman–Crippen MR) is 145 cm³/mol. The summed E-state index contributed by atoms with van der Waals surface area (Å²) in [6.07, 6.45) is -8.22. The Balaban J connectivity index is 1.40. The van der Waals surface area contributed by atoms with E-state index in [4.69, 9.17) is 14.3 Å². The van der Waals surface area contributed by atoms with E-state index >= 15 is 0 Å². The summed E-state index contributed by atoms with van der Waals surface area (Å²) < 4.78 is 108. The number of aliphatic hydroxyl groups is 1. The second-order valence-electron chi connectivity index (χ2n) is 12.0. The highest BCUT2D eigenvalue weighted by Crippen LogP contribution is 2.49. The van der Waals surface area contributed by atoms with Gasteiger partial charge in [0.2, 0.25) is 0 Å². The molecule has 5 rings (SSSR count). The molecule has 3 aliphatic rings. The van der Waals surface area contributed by atoms with Gasteiger partial charge < -0.3 is 14.6 Å². The molecule has 238 valence electrons. The standard InChI is InChI=1S/C30H33BrF7NO4/c1-16(20-11-21(29(33,34)35)14-22(12-20)30(36,37)38)43-26-25(18-2-3-24(32)23(31)13-18)19(6-9-41-26)10-17-4-7-28(8-5-17)15-42-39-27(28)40/h2-3,11-14,16-17,19,25-27,39-40H,4-10,15H2,1H3/t16-,17?,19+,25+,26-,27-,28?/m1/s1. The van der Waals surface area contributed by atoms with Gasteiger partial charge in [0.05, 0.1) is 34.9 Å². The maximum Gasteiger partial charge on any atom is 0.416 e. The highest BCUT2D eigenvalue weighted by atomic mass is 79.9. The van der Waals surface area contributed by atoms with E-state index in [1.165, 1.54) is 13.0 Å². The third kappa shape index (κ3) is 7.22. The van der Waals surface area contributed by atoms with Crippen LogP contribution in [0.1, 0.15) is 79.7 Å². The van der Waals surface area contributed by atoms with Crippen molar-refractivity contribution in [3.8, 4) is 0 Å². The van der Waals surface area contributed by atoms with Crippen LogP contribution in [0.15, 0.2) is 40.9 Å². The number of nitrogens with one attached hydrogen (secondary N) is 1. The molecule has 0 radical (unpaired) electrons. The van der Waals surface area contributed by atoms with Gasteiger partial charge in [0.15, 0.2) is 6.29 Å². The largest absolute Gasteiger partial charge is 0.416 e. The van der Waals surface area contributed by atoms with E-state index in [0.29, 0.717) is 36.6 Å². The first kappa shape index (κ1) is 32.6. The maximum absolute atomic E-state index is 14.2. The van der Waals surface area contributed by atoms with Gasteiger partial charge in [-0.1, -0.05) is 6.07 Å². The Morgan fingerprint density at radius 2 is 1.67 bits per heavy atom. The SMILES string of the molecule is C[C@@H](O[C@H]1OCC[C@@H](CC2CCC3(CC2)CON[C@@H]3O)[C@@H]1c1ccc(F)c(Br)c1)c1cc(C(F)(F)F)cc(C(F)(F)F)c1. The third-order valence-electron chi connectivity index (χ3n) is 9.19. The van der Waals surface area contributed by atoms with Crippen LogP contribution < -0.4 is 5.48 Å². The van der Waals surface area contributed by atoms with Gasteiger partial charge in [0.25, 0.3) is 0 Å². The van der Waals surface area contributed by atoms with Crippen LogP contribution in [0.3, 0.4) is 0 Å². The first-order chi connectivity index (χ1) is 20.2. The van der Waals surface area contributed by atoms with Gasteiger partial charge in [-0.05, 0) is 115 Å². The van der Waals surface area contributed by atoms with Crippen molar-refractivity contribution in [2.24, 2.45) is 17.3 Å². The molecule has 0 unspecified atom stereocenters. The highest BCUT2D eigenvalue weighted by molar-refractivity contribution is 9.10. The molecule has 43 heavy (non-hydrogen) atoms. The number of alkyl halides is 6. The lowest BCUT2D eigenvalue weighted by Gasteiger charge is -2.43. The number of rotatable bonds is 6. The van der Waals surface area contributed by atoms with Crippen LogP contribution in [0.25, 0.3) is 0 Å². The minimum atomic E-state index is -4.99. The van der Waals surface area contributed by atoms with E-state index in [1.807, 2.05) is 0 Å². The smallest absolute Gasteiger partial charge is 0.376 e. The fourth-order valence-electron chi connectivity index (χ4n) is 6.67. The Bertz CT molecular complexity index is 1250. The van der Waals surface area contributed by atoms with Crippen LogP contribution in [0.5, 0.6) is 0 Å². The Hall–Kier alpha value is -1.77. The van der Waals surface area contributed by atoms with Crippen molar-refractivity contribution in [1.29, 1.82) is 0 Å². The Kier molecular flexibility index (Phi) is 9.52. The van der Waals surface area contributed by atoms with Crippen molar-refractivity contribution >= 4 is 15.9 Å². The summed E-state index contributed by atoms with van der Waals surface area (Å²) in [5.74, 6) is -0.643. The van der Waals surface area contributed by atoms with Gasteiger partial charge in [-0.25, -0.2) is 4.39 Å². The van der Waals surface area contributed by atoms with Crippen LogP contribution in [0.4, 0.5) is 30.7 Å². The van der Waals surface area contributed by atoms with Crippen molar-refractivity contribution in [3.63, 3.8) is 0 Å². The molecule has 1 aliphatic carbocycles. The molecule has 0 bridgehead atoms. The number of halogens is 8. The van der Waals surface area contributed by atoms with E-state index in [2.05, 4.69) is 21.4 Å². The van der Waals surface area contributed by atoms with E-state index in [0.717, 1.165) is 32.1 Å². The summed E-state index contributed by atoms with van der Waals surface area (Å²) in [6, 6.07) is 5.93. The molecule has 5 atom stereocenters. The van der Waals surface area contributed by atoms with Gasteiger partial charge in [-0.15, -0.1) is 0 Å². The number of hydrogen-bond acceptors (Lipinski definition) is 5. The van der Waals surface area contributed by atoms with Crippen molar-refractivity contribution < 1.29 is 50.2 Å². The molecule has 2 aliphatic heterocycles. The van der Waals surface area contributed by atoms with Crippen LogP contribution in [0.2, 0.25) is 0 Å². The molecule has 0 amide bonds. The molecular weight excluding hydrogens is 651 g/mol. The summed E-state index contributed by atoms with van der Waals surface area (Å²) in [5, 5.41) is 10.4. The van der Waals surface area contributed by atoms with E-state index in [1.54, 1.807) is 12.1 Å². The lowest BCUT2D eigenvalue weighted by atomic mass is 9.66. The molecular formula is C30H33BrF7NO4. The molecule has 13 heteroatoms. The van der Waals surface area contributed by atoms with E-state index in [-0.39, 0.29) is 34.0 Å². The summed E-state index contributed by atoms with van der Waals surface area (Å²) in [5.41, 5.74) is -0.121. The summed E-state index contributed by atoms with van der Waals surface area (Å²) in [6.45, 7) is 2.11. The predicted octanol–water partition coefficient (Wildman–Crippen LogP) is 8.27. The van der Waals surface area contributed by atoms with Crippen LogP contribution in [-0.2, 0) is 26.7 Å². The lowest BCUT2D eigenvalue weighted by Crippen LogP contribution is -2.42. The van der Waals surface area contributed by atoms with Crippen LogP contribution in [0, 0.1) is 23.1 Å². The number of aliphatic hydroxyl groups excluding tert-OH is 1. The van der Waals surface area contributed by atoms with Crippen LogP contribution in [-0.4, -0.2) is 30.8 Å². The minimum absolute atomic E-state index is 0.0162. The molecule has 2 saturated heterocycles. The fraction of sp³-hybridized carbons (Fsp3) is 0.600. The molecule has 2 aromatic carbocycles. The minimum Gasteiger partial charge on any atom is -0.376 e. The van der Waals surface area contributed by atoms with Crippen LogP contribution >= 0.6 is 15.9 Å². The molecule has 0 aromatic heterocycles. The normalized spacial score (nSPS) is 31.0. The zero-order valence-corrected chi connectivity index (χ0v) is 24.9. The summed E-state index contributed by atoms with van der Waals surface area (Å²) in [7, 11) is 0. The fourth-order valence-corrected chi connectivity index (χ4v) is 7.07. The average molecular weight is 684 g/mol. The number of benzene rings is 2. The first-order valence-corrected chi connectivity index (χ1v) is 15.0. The van der Waals surface area contributed by atoms with Crippen molar-refractivity contribution in [3.05, 3.63) is 68.9 Å². The third-order valence-corrected chi connectivity index (χ3v) is 9.80. The van der Waals surface area contributed by atoms with E-state index < -0.39 is 53.8 Å². The number of ether oxygens (including phenoxy) is 2. The van der Waals surface area contributed by atoms with Gasteiger partial charge in [-0.3, -0.25) is 4.84 Å². The monoisotopic (exact) mass is 683 g/mol. The Labute approximate surface area is 253 Å². The van der Waals surface area contributed by atoms with Crippen molar-refractivity contribution in [2.45, 2.75) is 82.3 Å². The topological polar surface area (TPSA) is 60.0 Å². The molecule has 1 saturated carbocycles. The number of hydroxylamine groups is 1. The number of hydrogen-bond donors (Lipinski definition) is 2. The molecule has 2 aromatic rings. The quantitative estimate of drug-likeness (QED) is 0.300. The maximum atomic E-state index is 14.2.